The summed E-state index contributed by atoms with van der Waals surface area (Å²) in [5, 5.41) is 15.9. The third-order valence-electron chi connectivity index (χ3n) is 7.57. The van der Waals surface area contributed by atoms with Crippen LogP contribution in [0, 0.1) is 0 Å². The number of hydrogen-bond acceptors (Lipinski definition) is 13. The predicted molar refractivity (Wildman–Crippen MR) is 206 cm³/mol. The Kier molecular flexibility index (Phi) is 19.3. The first-order chi connectivity index (χ1) is 26.6. The summed E-state index contributed by atoms with van der Waals surface area (Å²) in [5.74, 6) is 0.993. The second-order valence-electron chi connectivity index (χ2n) is 11.7. The Bertz CT molecular complexity index is 1710. The van der Waals surface area contributed by atoms with Gasteiger partial charge in [0, 0.05) is 60.9 Å². The number of anilines is 4. The molecule has 1 aromatic heterocycles. The van der Waals surface area contributed by atoms with E-state index >= 15 is 0 Å². The molecule has 0 aliphatic heterocycles. The Morgan fingerprint density at radius 1 is 0.630 bits per heavy atom. The zero-order valence-electron chi connectivity index (χ0n) is 30.3. The van der Waals surface area contributed by atoms with E-state index in [2.05, 4.69) is 58.4 Å². The second-order valence-corrected chi connectivity index (χ2v) is 11.7. The molecule has 286 valence electrons. The monoisotopic (exact) mass is 740 g/mol. The molecule has 0 saturated carbocycles. The van der Waals surface area contributed by atoms with Crippen molar-refractivity contribution in [1.29, 1.82) is 0 Å². The highest BCUT2D eigenvalue weighted by molar-refractivity contribution is 5.96. The van der Waals surface area contributed by atoms with Gasteiger partial charge in [0.25, 0.3) is 5.91 Å². The number of azide groups is 1. The van der Waals surface area contributed by atoms with Crippen LogP contribution in [0.1, 0.15) is 39.1 Å². The van der Waals surface area contributed by atoms with Crippen LogP contribution in [-0.4, -0.2) is 106 Å². The standard InChI is InChI=1S/C38H48N10O6/c39-48-43-21-25-54-29-28-52-23-19-40-35(50)32-13-15-33(16-14-32)44-38-46-36(41-18-17-30-8-3-1-4-9-30)45-37(47-38)42-20-24-53-27-26-51-22-7-12-34(49)31-10-5-2-6-11-31/h1-6,8-11,13-16H,7,12,17-29H2,(H,40,50)(H3,41,42,44,45,46,47). The summed E-state index contributed by atoms with van der Waals surface area (Å²) in [6.07, 6.45) is 1.90. The number of benzene rings is 3. The van der Waals surface area contributed by atoms with Crippen molar-refractivity contribution in [2.75, 3.05) is 95.0 Å². The number of amides is 1. The van der Waals surface area contributed by atoms with E-state index in [1.165, 1.54) is 5.56 Å². The van der Waals surface area contributed by atoms with E-state index in [1.807, 2.05) is 48.5 Å². The maximum absolute atomic E-state index is 12.6. The topological polar surface area (TPSA) is 207 Å². The molecule has 0 atom stereocenters. The highest BCUT2D eigenvalue weighted by atomic mass is 16.5. The fraction of sp³-hybridized carbons (Fsp3) is 0.395. The van der Waals surface area contributed by atoms with Gasteiger partial charge in [-0.15, -0.1) is 0 Å². The summed E-state index contributed by atoms with van der Waals surface area (Å²) in [6.45, 7) is 4.88. The molecule has 4 N–H and O–H groups in total. The molecule has 0 saturated heterocycles. The molecule has 0 aliphatic rings. The van der Waals surface area contributed by atoms with Crippen LogP contribution >= 0.6 is 0 Å². The summed E-state index contributed by atoms with van der Waals surface area (Å²) in [5.41, 5.74) is 11.3. The van der Waals surface area contributed by atoms with Crippen molar-refractivity contribution < 1.29 is 28.5 Å². The summed E-state index contributed by atoms with van der Waals surface area (Å²) in [6, 6.07) is 26.4. The molecule has 0 radical (unpaired) electrons. The van der Waals surface area contributed by atoms with Crippen LogP contribution in [0.15, 0.2) is 90.0 Å². The quantitative estimate of drug-likeness (QED) is 0.0189. The maximum Gasteiger partial charge on any atom is 0.251 e. The molecule has 54 heavy (non-hydrogen) atoms. The first-order valence-electron chi connectivity index (χ1n) is 17.9. The number of hydrogen-bond donors (Lipinski definition) is 4. The van der Waals surface area contributed by atoms with Crippen molar-refractivity contribution in [1.82, 2.24) is 20.3 Å². The van der Waals surface area contributed by atoms with Crippen molar-refractivity contribution in [3.8, 4) is 0 Å². The minimum absolute atomic E-state index is 0.116. The Morgan fingerprint density at radius 2 is 1.22 bits per heavy atom. The fourth-order valence-electron chi connectivity index (χ4n) is 4.86. The molecule has 0 aliphatic carbocycles. The number of Topliss-reactive ketones (excluding diaryl/α,β-unsaturated/α-hetero) is 1. The largest absolute Gasteiger partial charge is 0.379 e. The third-order valence-corrected chi connectivity index (χ3v) is 7.57. The lowest BCUT2D eigenvalue weighted by atomic mass is 10.1. The fourth-order valence-corrected chi connectivity index (χ4v) is 4.86. The molecule has 0 bridgehead atoms. The number of rotatable bonds is 28. The van der Waals surface area contributed by atoms with Gasteiger partial charge in [0.2, 0.25) is 17.8 Å². The van der Waals surface area contributed by atoms with Gasteiger partial charge >= 0.3 is 0 Å². The molecule has 1 heterocycles. The van der Waals surface area contributed by atoms with E-state index in [4.69, 9.17) is 24.5 Å². The molecule has 0 spiro atoms. The normalized spacial score (nSPS) is 10.7. The highest BCUT2D eigenvalue weighted by Gasteiger charge is 2.10. The summed E-state index contributed by atoms with van der Waals surface area (Å²) < 4.78 is 22.0. The lowest BCUT2D eigenvalue weighted by Gasteiger charge is -2.12. The lowest BCUT2D eigenvalue weighted by molar-refractivity contribution is 0.0497. The van der Waals surface area contributed by atoms with Crippen LogP contribution in [0.2, 0.25) is 0 Å². The Hall–Kier alpha value is -5.64. The first-order valence-corrected chi connectivity index (χ1v) is 17.9. The summed E-state index contributed by atoms with van der Waals surface area (Å²) in [7, 11) is 0. The molecular weight excluding hydrogens is 692 g/mol. The Labute approximate surface area is 315 Å². The smallest absolute Gasteiger partial charge is 0.251 e. The van der Waals surface area contributed by atoms with E-state index in [-0.39, 0.29) is 18.2 Å². The van der Waals surface area contributed by atoms with Crippen LogP contribution in [-0.2, 0) is 25.4 Å². The van der Waals surface area contributed by atoms with Crippen LogP contribution in [0.4, 0.5) is 23.5 Å². The molecule has 4 aromatic rings. The number of carbonyl (C=O) groups is 2. The van der Waals surface area contributed by atoms with Crippen LogP contribution in [0.25, 0.3) is 10.4 Å². The van der Waals surface area contributed by atoms with Crippen LogP contribution in [0.3, 0.4) is 0 Å². The maximum atomic E-state index is 12.6. The zero-order valence-corrected chi connectivity index (χ0v) is 30.3. The van der Waals surface area contributed by atoms with Crippen molar-refractivity contribution in [2.24, 2.45) is 5.11 Å². The molecule has 1 amide bonds. The number of nitrogens with zero attached hydrogens (tertiary/aromatic N) is 6. The van der Waals surface area contributed by atoms with Gasteiger partial charge in [0.05, 0.1) is 46.2 Å². The van der Waals surface area contributed by atoms with Crippen molar-refractivity contribution >= 4 is 35.2 Å². The van der Waals surface area contributed by atoms with Gasteiger partial charge in [-0.3, -0.25) is 9.59 Å². The molecule has 16 nitrogen and oxygen atoms in total. The number of carbonyl (C=O) groups excluding carboxylic acids is 2. The van der Waals surface area contributed by atoms with Crippen molar-refractivity contribution in [3.05, 3.63) is 112 Å². The van der Waals surface area contributed by atoms with E-state index in [1.54, 1.807) is 24.3 Å². The average Bonchev–Trinajstić information content (AvgIpc) is 3.20. The molecule has 3 aromatic carbocycles. The third kappa shape index (κ3) is 16.8. The van der Waals surface area contributed by atoms with Gasteiger partial charge in [0.1, 0.15) is 0 Å². The van der Waals surface area contributed by atoms with Gasteiger partial charge in [-0.05, 0) is 48.2 Å². The SMILES string of the molecule is [N-]=[N+]=NCCOCCOCCNC(=O)c1ccc(Nc2nc(NCCOCCOCCCC(=O)c3ccccc3)nc(NCCc3ccccc3)n2)cc1. The predicted octanol–water partition coefficient (Wildman–Crippen LogP) is 5.45. The average molecular weight is 741 g/mol. The van der Waals surface area contributed by atoms with Gasteiger partial charge in [-0.1, -0.05) is 65.8 Å². The number of ether oxygens (including phenoxy) is 4. The lowest BCUT2D eigenvalue weighted by Crippen LogP contribution is -2.27. The van der Waals surface area contributed by atoms with Crippen LogP contribution in [0.5, 0.6) is 0 Å². The number of ketones is 1. The minimum atomic E-state index is -0.226. The summed E-state index contributed by atoms with van der Waals surface area (Å²) >= 11 is 0. The van der Waals surface area contributed by atoms with Gasteiger partial charge in [-0.2, -0.15) is 15.0 Å². The molecule has 16 heteroatoms. The highest BCUT2D eigenvalue weighted by Crippen LogP contribution is 2.17. The van der Waals surface area contributed by atoms with E-state index < -0.39 is 0 Å². The molecule has 0 fully saturated rings. The van der Waals surface area contributed by atoms with E-state index in [0.717, 1.165) is 12.0 Å². The van der Waals surface area contributed by atoms with Crippen LogP contribution < -0.4 is 21.3 Å². The Morgan fingerprint density at radius 3 is 1.91 bits per heavy atom. The number of nitrogens with one attached hydrogen (secondary N) is 4. The summed E-state index contributed by atoms with van der Waals surface area (Å²) in [4.78, 5) is 41.1. The minimum Gasteiger partial charge on any atom is -0.379 e. The first kappa shape index (κ1) is 41.1. The van der Waals surface area contributed by atoms with E-state index in [9.17, 15) is 9.59 Å². The molecule has 4 rings (SSSR count). The van der Waals surface area contributed by atoms with Gasteiger partial charge in [-0.25, -0.2) is 0 Å². The van der Waals surface area contributed by atoms with Gasteiger partial charge in [0.15, 0.2) is 5.78 Å². The molecular formula is C38H48N10O6. The number of aromatic nitrogens is 3. The molecule has 0 unspecified atom stereocenters. The Balaban J connectivity index is 1.18. The van der Waals surface area contributed by atoms with Crippen molar-refractivity contribution in [2.45, 2.75) is 19.3 Å². The zero-order chi connectivity index (χ0) is 37.9. The second kappa shape index (κ2) is 25.4. The van der Waals surface area contributed by atoms with Crippen molar-refractivity contribution in [3.63, 3.8) is 0 Å². The van der Waals surface area contributed by atoms with Gasteiger partial charge < -0.3 is 40.2 Å². The van der Waals surface area contributed by atoms with E-state index in [0.29, 0.717) is 114 Å².